The first-order valence-electron chi connectivity index (χ1n) is 9.69. The zero-order valence-corrected chi connectivity index (χ0v) is 16.2. The zero-order chi connectivity index (χ0) is 18.7. The zero-order valence-electron chi connectivity index (χ0n) is 16.2. The van der Waals surface area contributed by atoms with Gasteiger partial charge in [-0.1, -0.05) is 63.9 Å². The molecule has 0 spiro atoms. The summed E-state index contributed by atoms with van der Waals surface area (Å²) in [5.41, 5.74) is 7.27. The summed E-state index contributed by atoms with van der Waals surface area (Å²) in [4.78, 5) is 14.5. The average molecular weight is 349 g/mol. The fraction of sp³-hybridized carbons (Fsp3) is 0.667. The minimum absolute atomic E-state index is 0.107. The number of nitrogens with zero attached hydrogens (tertiary/aromatic N) is 1. The highest BCUT2D eigenvalue weighted by atomic mass is 16.3. The molecule has 4 nitrogen and oxygen atoms in total. The molecule has 2 atom stereocenters. The monoisotopic (exact) mass is 348 g/mol. The predicted molar refractivity (Wildman–Crippen MR) is 104 cm³/mol. The minimum atomic E-state index is -0.662. The number of unbranched alkanes of at least 4 members (excludes halogenated alkanes) is 2. The number of carbonyl (C=O) groups is 1. The molecule has 1 amide bonds. The lowest BCUT2D eigenvalue weighted by Gasteiger charge is -2.29. The van der Waals surface area contributed by atoms with Gasteiger partial charge in [-0.3, -0.25) is 4.79 Å². The van der Waals surface area contributed by atoms with Gasteiger partial charge in [-0.25, -0.2) is 0 Å². The molecule has 0 aliphatic carbocycles. The molecule has 4 heteroatoms. The molecule has 0 heterocycles. The van der Waals surface area contributed by atoms with E-state index in [0.29, 0.717) is 25.4 Å². The van der Waals surface area contributed by atoms with Crippen LogP contribution in [0.15, 0.2) is 30.3 Å². The molecule has 0 fully saturated rings. The van der Waals surface area contributed by atoms with Crippen molar-refractivity contribution in [1.29, 1.82) is 0 Å². The normalized spacial score (nSPS) is 13.7. The fourth-order valence-electron chi connectivity index (χ4n) is 2.99. The van der Waals surface area contributed by atoms with E-state index < -0.39 is 6.10 Å². The first kappa shape index (κ1) is 21.7. The SMILES string of the molecule is CCCCCN(CC(O)C(N)CC(C)C)C(=O)CCc1ccccc1. The summed E-state index contributed by atoms with van der Waals surface area (Å²) >= 11 is 0. The fourth-order valence-corrected chi connectivity index (χ4v) is 2.99. The molecule has 1 aromatic carbocycles. The van der Waals surface area contributed by atoms with Gasteiger partial charge in [-0.05, 0) is 30.7 Å². The van der Waals surface area contributed by atoms with Crippen molar-refractivity contribution < 1.29 is 9.90 Å². The van der Waals surface area contributed by atoms with Crippen LogP contribution in [-0.4, -0.2) is 41.1 Å². The van der Waals surface area contributed by atoms with E-state index in [4.69, 9.17) is 5.73 Å². The maximum atomic E-state index is 12.7. The molecule has 0 radical (unpaired) electrons. The van der Waals surface area contributed by atoms with Crippen LogP contribution in [0, 0.1) is 5.92 Å². The summed E-state index contributed by atoms with van der Waals surface area (Å²) in [6.45, 7) is 7.38. The Labute approximate surface area is 153 Å². The number of hydrogen-bond donors (Lipinski definition) is 2. The molecule has 0 bridgehead atoms. The first-order chi connectivity index (χ1) is 11.9. The summed E-state index contributed by atoms with van der Waals surface area (Å²) in [7, 11) is 0. The second kappa shape index (κ2) is 12.0. The minimum Gasteiger partial charge on any atom is -0.390 e. The van der Waals surface area contributed by atoms with Gasteiger partial charge in [0.25, 0.3) is 0 Å². The van der Waals surface area contributed by atoms with Gasteiger partial charge in [0.05, 0.1) is 6.10 Å². The van der Waals surface area contributed by atoms with Crippen LogP contribution in [0.25, 0.3) is 0 Å². The number of nitrogens with two attached hydrogens (primary N) is 1. The van der Waals surface area contributed by atoms with Crippen LogP contribution in [0.2, 0.25) is 0 Å². The number of aryl methyl sites for hydroxylation is 1. The van der Waals surface area contributed by atoms with Crippen molar-refractivity contribution in [2.24, 2.45) is 11.7 Å². The summed E-state index contributed by atoms with van der Waals surface area (Å²) in [5, 5.41) is 10.4. The lowest BCUT2D eigenvalue weighted by Crippen LogP contribution is -2.46. The Hall–Kier alpha value is -1.39. The summed E-state index contributed by atoms with van der Waals surface area (Å²) in [6.07, 6.45) is 4.49. The van der Waals surface area contributed by atoms with Crippen LogP contribution in [0.1, 0.15) is 58.4 Å². The summed E-state index contributed by atoms with van der Waals surface area (Å²) in [6, 6.07) is 9.77. The first-order valence-corrected chi connectivity index (χ1v) is 9.69. The van der Waals surface area contributed by atoms with Crippen LogP contribution < -0.4 is 5.73 Å². The van der Waals surface area contributed by atoms with Crippen molar-refractivity contribution in [2.75, 3.05) is 13.1 Å². The van der Waals surface area contributed by atoms with Gasteiger partial charge in [-0.15, -0.1) is 0 Å². The van der Waals surface area contributed by atoms with E-state index >= 15 is 0 Å². The highest BCUT2D eigenvalue weighted by Gasteiger charge is 2.22. The maximum Gasteiger partial charge on any atom is 0.222 e. The molecule has 0 saturated heterocycles. The Morgan fingerprint density at radius 2 is 1.88 bits per heavy atom. The van der Waals surface area contributed by atoms with E-state index in [2.05, 4.69) is 20.8 Å². The number of amides is 1. The van der Waals surface area contributed by atoms with Crippen LogP contribution >= 0.6 is 0 Å². The molecule has 1 aromatic rings. The second-order valence-electron chi connectivity index (χ2n) is 7.39. The average Bonchev–Trinajstić information content (AvgIpc) is 2.59. The highest BCUT2D eigenvalue weighted by molar-refractivity contribution is 5.76. The van der Waals surface area contributed by atoms with E-state index in [1.54, 1.807) is 0 Å². The highest BCUT2D eigenvalue weighted by Crippen LogP contribution is 2.11. The van der Waals surface area contributed by atoms with Gasteiger partial charge < -0.3 is 15.7 Å². The van der Waals surface area contributed by atoms with Crippen molar-refractivity contribution >= 4 is 5.91 Å². The largest absolute Gasteiger partial charge is 0.390 e. The van der Waals surface area contributed by atoms with E-state index in [0.717, 1.165) is 32.1 Å². The van der Waals surface area contributed by atoms with Crippen LogP contribution in [0.3, 0.4) is 0 Å². The van der Waals surface area contributed by atoms with E-state index in [1.165, 1.54) is 5.56 Å². The molecule has 3 N–H and O–H groups in total. The lowest BCUT2D eigenvalue weighted by molar-refractivity contribution is -0.132. The van der Waals surface area contributed by atoms with Crippen molar-refractivity contribution in [3.05, 3.63) is 35.9 Å². The lowest BCUT2D eigenvalue weighted by atomic mass is 9.99. The van der Waals surface area contributed by atoms with Gasteiger partial charge in [0.1, 0.15) is 0 Å². The number of carbonyl (C=O) groups excluding carboxylic acids is 1. The molecular weight excluding hydrogens is 312 g/mol. The molecule has 2 unspecified atom stereocenters. The molecule has 0 aliphatic rings. The third-order valence-corrected chi connectivity index (χ3v) is 4.50. The molecule has 142 valence electrons. The summed E-state index contributed by atoms with van der Waals surface area (Å²) in [5.74, 6) is 0.544. The Balaban J connectivity index is 2.59. The van der Waals surface area contributed by atoms with E-state index in [1.807, 2.05) is 35.2 Å². The second-order valence-corrected chi connectivity index (χ2v) is 7.39. The molecule has 0 saturated carbocycles. The van der Waals surface area contributed by atoms with Gasteiger partial charge in [-0.2, -0.15) is 0 Å². The van der Waals surface area contributed by atoms with Crippen molar-refractivity contribution in [2.45, 2.75) is 71.4 Å². The standard InChI is InChI=1S/C21H36N2O2/c1-4-5-9-14-23(16-20(24)19(22)15-17(2)3)21(25)13-12-18-10-7-6-8-11-18/h6-8,10-11,17,19-20,24H,4-5,9,12-16,22H2,1-3H3. The third-order valence-electron chi connectivity index (χ3n) is 4.50. The number of aliphatic hydroxyl groups excluding tert-OH is 1. The quantitative estimate of drug-likeness (QED) is 0.569. The smallest absolute Gasteiger partial charge is 0.222 e. The Morgan fingerprint density at radius 3 is 2.48 bits per heavy atom. The molecule has 0 aliphatic heterocycles. The maximum absolute atomic E-state index is 12.7. The predicted octanol–water partition coefficient (Wildman–Crippen LogP) is 3.37. The molecular formula is C21H36N2O2. The molecule has 0 aromatic heterocycles. The number of aliphatic hydroxyl groups is 1. The van der Waals surface area contributed by atoms with E-state index in [-0.39, 0.29) is 11.9 Å². The van der Waals surface area contributed by atoms with Crippen molar-refractivity contribution in [1.82, 2.24) is 4.90 Å². The van der Waals surface area contributed by atoms with Gasteiger partial charge >= 0.3 is 0 Å². The topological polar surface area (TPSA) is 66.6 Å². The van der Waals surface area contributed by atoms with Crippen LogP contribution in [-0.2, 0) is 11.2 Å². The van der Waals surface area contributed by atoms with E-state index in [9.17, 15) is 9.90 Å². The van der Waals surface area contributed by atoms with Crippen molar-refractivity contribution in [3.63, 3.8) is 0 Å². The summed E-state index contributed by atoms with van der Waals surface area (Å²) < 4.78 is 0. The van der Waals surface area contributed by atoms with Gasteiger partial charge in [0.2, 0.25) is 5.91 Å². The van der Waals surface area contributed by atoms with Crippen molar-refractivity contribution in [3.8, 4) is 0 Å². The Kier molecular flexibility index (Phi) is 10.4. The Morgan fingerprint density at radius 1 is 1.20 bits per heavy atom. The van der Waals surface area contributed by atoms with Gasteiger partial charge in [0, 0.05) is 25.6 Å². The number of rotatable bonds is 12. The third kappa shape index (κ3) is 9.03. The Bertz CT molecular complexity index is 476. The number of hydrogen-bond acceptors (Lipinski definition) is 3. The molecule has 25 heavy (non-hydrogen) atoms. The molecule has 1 rings (SSSR count). The van der Waals surface area contributed by atoms with Crippen LogP contribution in [0.5, 0.6) is 0 Å². The van der Waals surface area contributed by atoms with Gasteiger partial charge in [0.15, 0.2) is 0 Å². The van der Waals surface area contributed by atoms with Crippen LogP contribution in [0.4, 0.5) is 0 Å². The number of benzene rings is 1.